The molecule has 2 amide bonds. The molecule has 2 aromatic rings. The molecule has 0 saturated carbocycles. The average Bonchev–Trinajstić information content (AvgIpc) is 2.89. The van der Waals surface area contributed by atoms with Gasteiger partial charge in [0, 0.05) is 24.5 Å². The number of carbonyl (C=O) groups is 2. The lowest BCUT2D eigenvalue weighted by atomic mass is 10.2. The molecule has 0 fully saturated rings. The van der Waals surface area contributed by atoms with Crippen LogP contribution in [0.4, 0.5) is 0 Å². The first-order valence-corrected chi connectivity index (χ1v) is 6.37. The number of nitrogens with one attached hydrogen (secondary N) is 2. The molecule has 1 aromatic heterocycles. The number of carbonyl (C=O) groups excluding carboxylic acids is 2. The second-order valence-electron chi connectivity index (χ2n) is 4.44. The first-order chi connectivity index (χ1) is 9.66. The fourth-order valence-electron chi connectivity index (χ4n) is 1.78. The summed E-state index contributed by atoms with van der Waals surface area (Å²) >= 11 is 0. The molecule has 2 rings (SSSR count). The van der Waals surface area contributed by atoms with Crippen molar-refractivity contribution in [3.8, 4) is 0 Å². The fraction of sp³-hybridized carbons (Fsp3) is 0.200. The standard InChI is InChI=1S/C15H17N3O2/c1-18-9-5-8-13(18)10-16-14(19)11-17-15(20)12-6-3-2-4-7-12/h2-9H,10-11H2,1H3,(H,16,19)(H,17,20). The number of hydrogen-bond acceptors (Lipinski definition) is 2. The Kier molecular flexibility index (Phi) is 4.55. The third-order valence-corrected chi connectivity index (χ3v) is 2.96. The monoisotopic (exact) mass is 271 g/mol. The van der Waals surface area contributed by atoms with Crippen LogP contribution in [0.15, 0.2) is 48.7 Å². The highest BCUT2D eigenvalue weighted by Crippen LogP contribution is 1.99. The number of hydrogen-bond donors (Lipinski definition) is 2. The van der Waals surface area contributed by atoms with Gasteiger partial charge in [-0.25, -0.2) is 0 Å². The Balaban J connectivity index is 1.75. The van der Waals surface area contributed by atoms with E-state index in [4.69, 9.17) is 0 Å². The van der Waals surface area contributed by atoms with Crippen molar-refractivity contribution in [2.75, 3.05) is 6.54 Å². The van der Waals surface area contributed by atoms with Crippen molar-refractivity contribution < 1.29 is 9.59 Å². The van der Waals surface area contributed by atoms with Gasteiger partial charge in [-0.05, 0) is 24.3 Å². The third kappa shape index (κ3) is 3.71. The maximum absolute atomic E-state index is 11.7. The first kappa shape index (κ1) is 13.9. The van der Waals surface area contributed by atoms with Gasteiger partial charge in [0.2, 0.25) is 5.91 Å². The van der Waals surface area contributed by atoms with Crippen LogP contribution in [0, 0.1) is 0 Å². The molecule has 0 atom stereocenters. The Morgan fingerprint density at radius 2 is 1.80 bits per heavy atom. The quantitative estimate of drug-likeness (QED) is 0.854. The van der Waals surface area contributed by atoms with Gasteiger partial charge in [0.15, 0.2) is 0 Å². The lowest BCUT2D eigenvalue weighted by molar-refractivity contribution is -0.120. The largest absolute Gasteiger partial charge is 0.353 e. The number of aromatic nitrogens is 1. The Labute approximate surface area is 117 Å². The number of benzene rings is 1. The molecule has 0 saturated heterocycles. The molecule has 0 radical (unpaired) electrons. The number of aryl methyl sites for hydroxylation is 1. The summed E-state index contributed by atoms with van der Waals surface area (Å²) in [5.41, 5.74) is 1.55. The minimum Gasteiger partial charge on any atom is -0.353 e. The van der Waals surface area contributed by atoms with Gasteiger partial charge < -0.3 is 15.2 Å². The Morgan fingerprint density at radius 3 is 2.45 bits per heavy atom. The minimum atomic E-state index is -0.250. The molecule has 0 aliphatic rings. The topological polar surface area (TPSA) is 63.1 Å². The molecule has 20 heavy (non-hydrogen) atoms. The zero-order valence-corrected chi connectivity index (χ0v) is 11.3. The second-order valence-corrected chi connectivity index (χ2v) is 4.44. The minimum absolute atomic E-state index is 0.0296. The Hall–Kier alpha value is -2.56. The van der Waals surface area contributed by atoms with Crippen LogP contribution in [0.2, 0.25) is 0 Å². The van der Waals surface area contributed by atoms with E-state index in [2.05, 4.69) is 10.6 Å². The maximum atomic E-state index is 11.7. The van der Waals surface area contributed by atoms with Crippen molar-refractivity contribution >= 4 is 11.8 Å². The van der Waals surface area contributed by atoms with Gasteiger partial charge in [0.1, 0.15) is 0 Å². The summed E-state index contributed by atoms with van der Waals surface area (Å²) < 4.78 is 1.93. The summed E-state index contributed by atoms with van der Waals surface area (Å²) in [6, 6.07) is 12.7. The van der Waals surface area contributed by atoms with E-state index < -0.39 is 0 Å². The summed E-state index contributed by atoms with van der Waals surface area (Å²) in [5.74, 6) is -0.463. The highest BCUT2D eigenvalue weighted by Gasteiger charge is 2.07. The van der Waals surface area contributed by atoms with Crippen molar-refractivity contribution in [1.29, 1.82) is 0 Å². The van der Waals surface area contributed by atoms with E-state index >= 15 is 0 Å². The van der Waals surface area contributed by atoms with E-state index in [1.54, 1.807) is 24.3 Å². The highest BCUT2D eigenvalue weighted by atomic mass is 16.2. The molecule has 0 bridgehead atoms. The molecule has 2 N–H and O–H groups in total. The van der Waals surface area contributed by atoms with Crippen molar-refractivity contribution in [3.05, 3.63) is 59.9 Å². The summed E-state index contributed by atoms with van der Waals surface area (Å²) in [7, 11) is 1.92. The number of rotatable bonds is 5. The normalized spacial score (nSPS) is 10.1. The number of amides is 2. The molecule has 0 unspecified atom stereocenters. The van der Waals surface area contributed by atoms with E-state index in [-0.39, 0.29) is 18.4 Å². The van der Waals surface area contributed by atoms with Crippen LogP contribution in [0.25, 0.3) is 0 Å². The van der Waals surface area contributed by atoms with Crippen LogP contribution >= 0.6 is 0 Å². The Morgan fingerprint density at radius 1 is 1.05 bits per heavy atom. The average molecular weight is 271 g/mol. The maximum Gasteiger partial charge on any atom is 0.251 e. The van der Waals surface area contributed by atoms with Gasteiger partial charge in [0.25, 0.3) is 5.91 Å². The summed E-state index contributed by atoms with van der Waals surface area (Å²) in [6.45, 7) is 0.418. The predicted octanol–water partition coefficient (Wildman–Crippen LogP) is 1.07. The molecule has 5 heteroatoms. The predicted molar refractivity (Wildman–Crippen MR) is 76.0 cm³/mol. The van der Waals surface area contributed by atoms with Gasteiger partial charge in [-0.2, -0.15) is 0 Å². The molecule has 5 nitrogen and oxygen atoms in total. The Bertz CT molecular complexity index is 590. The van der Waals surface area contributed by atoms with Crippen LogP contribution in [0.5, 0.6) is 0 Å². The van der Waals surface area contributed by atoms with Gasteiger partial charge >= 0.3 is 0 Å². The van der Waals surface area contributed by atoms with E-state index in [1.165, 1.54) is 0 Å². The summed E-state index contributed by atoms with van der Waals surface area (Å²) in [4.78, 5) is 23.4. The van der Waals surface area contributed by atoms with Gasteiger partial charge in [-0.3, -0.25) is 9.59 Å². The van der Waals surface area contributed by atoms with Crippen LogP contribution in [-0.2, 0) is 18.4 Å². The van der Waals surface area contributed by atoms with Crippen LogP contribution < -0.4 is 10.6 Å². The highest BCUT2D eigenvalue weighted by molar-refractivity contribution is 5.96. The lowest BCUT2D eigenvalue weighted by Gasteiger charge is -2.07. The van der Waals surface area contributed by atoms with Gasteiger partial charge in [-0.15, -0.1) is 0 Å². The smallest absolute Gasteiger partial charge is 0.251 e. The molecule has 104 valence electrons. The van der Waals surface area contributed by atoms with Gasteiger partial charge in [-0.1, -0.05) is 18.2 Å². The molecule has 1 heterocycles. The van der Waals surface area contributed by atoms with Crippen LogP contribution in [0.1, 0.15) is 16.1 Å². The van der Waals surface area contributed by atoms with Crippen LogP contribution in [-0.4, -0.2) is 22.9 Å². The summed E-state index contributed by atoms with van der Waals surface area (Å²) in [6.07, 6.45) is 1.92. The second kappa shape index (κ2) is 6.56. The number of nitrogens with zero attached hydrogens (tertiary/aromatic N) is 1. The summed E-state index contributed by atoms with van der Waals surface area (Å²) in [5, 5.41) is 5.34. The fourth-order valence-corrected chi connectivity index (χ4v) is 1.78. The van der Waals surface area contributed by atoms with E-state index in [9.17, 15) is 9.59 Å². The SMILES string of the molecule is Cn1cccc1CNC(=O)CNC(=O)c1ccccc1. The zero-order chi connectivity index (χ0) is 14.4. The van der Waals surface area contributed by atoms with E-state index in [1.807, 2.05) is 36.0 Å². The van der Waals surface area contributed by atoms with Crippen LogP contribution in [0.3, 0.4) is 0 Å². The van der Waals surface area contributed by atoms with Crippen molar-refractivity contribution in [1.82, 2.24) is 15.2 Å². The molecule has 0 spiro atoms. The van der Waals surface area contributed by atoms with Crippen molar-refractivity contribution in [2.24, 2.45) is 7.05 Å². The first-order valence-electron chi connectivity index (χ1n) is 6.37. The molecular formula is C15H17N3O2. The molecular weight excluding hydrogens is 254 g/mol. The molecule has 1 aromatic carbocycles. The lowest BCUT2D eigenvalue weighted by Crippen LogP contribution is -2.36. The van der Waals surface area contributed by atoms with Crippen molar-refractivity contribution in [3.63, 3.8) is 0 Å². The van der Waals surface area contributed by atoms with Crippen molar-refractivity contribution in [2.45, 2.75) is 6.54 Å². The third-order valence-electron chi connectivity index (χ3n) is 2.96. The van der Waals surface area contributed by atoms with E-state index in [0.717, 1.165) is 5.69 Å². The van der Waals surface area contributed by atoms with Gasteiger partial charge in [0.05, 0.1) is 13.1 Å². The molecule has 0 aliphatic heterocycles. The zero-order valence-electron chi connectivity index (χ0n) is 11.3. The molecule has 0 aliphatic carbocycles. The van der Waals surface area contributed by atoms with E-state index in [0.29, 0.717) is 12.1 Å².